The van der Waals surface area contributed by atoms with Gasteiger partial charge in [0.1, 0.15) is 42.4 Å². The molecule has 1 saturated carbocycles. The molecule has 71 heavy (non-hydrogen) atoms. The number of aliphatic hydroxyl groups is 2. The molecule has 19 heteroatoms. The molecule has 1 aliphatic carbocycles. The minimum Gasteiger partial charge on any atom is -0.489 e. The van der Waals surface area contributed by atoms with Crippen molar-refractivity contribution in [1.82, 2.24) is 35.7 Å². The van der Waals surface area contributed by atoms with Gasteiger partial charge in [0.25, 0.3) is 5.91 Å². The Morgan fingerprint density at radius 1 is 0.986 bits per heavy atom. The lowest BCUT2D eigenvalue weighted by molar-refractivity contribution is -0.164. The van der Waals surface area contributed by atoms with Gasteiger partial charge in [-0.3, -0.25) is 24.1 Å². The Morgan fingerprint density at radius 3 is 2.28 bits per heavy atom. The molecule has 0 spiro atoms. The summed E-state index contributed by atoms with van der Waals surface area (Å²) in [5.74, 6) is -0.366. The normalized spacial score (nSPS) is 21.6. The predicted molar refractivity (Wildman–Crippen MR) is 271 cm³/mol. The van der Waals surface area contributed by atoms with E-state index in [1.165, 1.54) is 16.2 Å². The summed E-state index contributed by atoms with van der Waals surface area (Å²) in [6, 6.07) is 15.3. The molecule has 380 valence electrons. The molecule has 5 N–H and O–H groups in total. The van der Waals surface area contributed by atoms with Gasteiger partial charge in [-0.25, -0.2) is 9.97 Å². The van der Waals surface area contributed by atoms with Gasteiger partial charge in [-0.15, -0.1) is 11.3 Å². The summed E-state index contributed by atoms with van der Waals surface area (Å²) in [5.41, 5.74) is 3.63. The molecule has 4 heterocycles. The molecule has 2 aromatic heterocycles. The van der Waals surface area contributed by atoms with Crippen molar-refractivity contribution >= 4 is 52.4 Å². The molecule has 2 aromatic carbocycles. The molecule has 0 radical (unpaired) electrons. The van der Waals surface area contributed by atoms with E-state index in [-0.39, 0.29) is 50.8 Å². The number of nitrogens with zero attached hydrogens (tertiary/aromatic N) is 6. The highest BCUT2D eigenvalue weighted by molar-refractivity contribution is 7.13. The molecule has 2 aliphatic heterocycles. The van der Waals surface area contributed by atoms with Crippen LogP contribution in [-0.2, 0) is 19.1 Å². The summed E-state index contributed by atoms with van der Waals surface area (Å²) >= 11 is 7.78. The molecule has 0 unspecified atom stereocenters. The number of thiazole rings is 1. The Bertz CT molecular complexity index is 2570. The predicted octanol–water partition coefficient (Wildman–Crippen LogP) is 5.13. The first-order valence-corrected chi connectivity index (χ1v) is 25.3. The van der Waals surface area contributed by atoms with E-state index in [2.05, 4.69) is 69.5 Å². The van der Waals surface area contributed by atoms with E-state index in [0.29, 0.717) is 47.1 Å². The van der Waals surface area contributed by atoms with E-state index >= 15 is 0 Å². The number of β-amino-alcohol motifs (C(OH)–C–C–N with tert-alkyl or cyclic N) is 1. The van der Waals surface area contributed by atoms with E-state index in [1.807, 2.05) is 58.0 Å². The lowest BCUT2D eigenvalue weighted by atomic mass is 9.49. The third-order valence-corrected chi connectivity index (χ3v) is 15.3. The number of ether oxygens (including phenoxy) is 2. The fourth-order valence-electron chi connectivity index (χ4n) is 10.3. The van der Waals surface area contributed by atoms with Crippen molar-refractivity contribution in [2.75, 3.05) is 64.0 Å². The van der Waals surface area contributed by atoms with Crippen LogP contribution < -0.4 is 25.6 Å². The Kier molecular flexibility index (Phi) is 16.4. The van der Waals surface area contributed by atoms with Gasteiger partial charge in [0.05, 0.1) is 57.6 Å². The maximum absolute atomic E-state index is 14.2. The average Bonchev–Trinajstić information content (AvgIpc) is 3.96. The smallest absolute Gasteiger partial charge is 0.253 e. The van der Waals surface area contributed by atoms with Crippen LogP contribution in [0.3, 0.4) is 0 Å². The van der Waals surface area contributed by atoms with Gasteiger partial charge in [0.2, 0.25) is 17.7 Å². The second kappa shape index (κ2) is 22.0. The van der Waals surface area contributed by atoms with E-state index in [1.54, 1.807) is 36.0 Å². The van der Waals surface area contributed by atoms with Crippen molar-refractivity contribution in [2.45, 2.75) is 98.2 Å². The molecule has 4 aromatic rings. The number of hydrogen-bond acceptors (Lipinski definition) is 14. The number of hydrogen-bond donors (Lipinski definition) is 5. The molecule has 7 rings (SSSR count). The topological polar surface area (TPSA) is 223 Å². The third-order valence-electron chi connectivity index (χ3n) is 14.0. The highest BCUT2D eigenvalue weighted by Gasteiger charge is 2.64. The third kappa shape index (κ3) is 12.0. The number of anilines is 1. The Hall–Kier alpha value is -5.68. The number of nitrogens with one attached hydrogen (secondary N) is 3. The van der Waals surface area contributed by atoms with Crippen molar-refractivity contribution in [1.29, 1.82) is 5.26 Å². The lowest BCUT2D eigenvalue weighted by Gasteiger charge is -2.63. The SMILES string of the molecule is Cc1ncsc1-c1ccc([C@H](CO)NC(=O)[C@@H]2C[C@@H](O)CN2C(=O)[C@@H](NC(=O)COCCN2CCN(c3ccc(C(=O)NC4C(C)(C)C(Oc5ccc(C#N)c(Cl)c5)C4(C)C)cn3)CC2)C(C)(C)C)cc1. The molecule has 2 saturated heterocycles. The summed E-state index contributed by atoms with van der Waals surface area (Å²) < 4.78 is 12.2. The summed E-state index contributed by atoms with van der Waals surface area (Å²) in [4.78, 5) is 70.4. The quantitative estimate of drug-likeness (QED) is 0.0867. The lowest BCUT2D eigenvalue weighted by Crippen LogP contribution is -2.74. The fourth-order valence-corrected chi connectivity index (χ4v) is 11.4. The number of likely N-dealkylation sites (tertiary alicyclic amines) is 1. The van der Waals surface area contributed by atoms with Crippen LogP contribution in [0.5, 0.6) is 5.75 Å². The van der Waals surface area contributed by atoms with Gasteiger partial charge in [0.15, 0.2) is 0 Å². The first-order valence-electron chi connectivity index (χ1n) is 24.0. The standard InChI is InChI=1S/C52H66ClN9O8S/c1-31-43(71-30-56-31)33-11-9-32(10-12-33)39(28-63)57-46(67)40-23-36(64)27-62(40)47(68)44(50(2,3)4)58-42(65)29-69-22-21-60-17-19-61(20-18-60)41-16-14-35(26-55-41)45(66)59-48-51(5,6)49(52(48,7)8)70-37-15-13-34(25-54)38(53)24-37/h9-16,24,26,30,36,39-40,44,48-49,63-64H,17-23,27-29H2,1-8H3,(H,57,67)(H,58,65)(H,59,66)/t36-,39+,40+,44-,48?,49?/m1/s1. The van der Waals surface area contributed by atoms with Crippen LogP contribution in [0.4, 0.5) is 5.82 Å². The van der Waals surface area contributed by atoms with Gasteiger partial charge in [-0.2, -0.15) is 5.26 Å². The Labute approximate surface area is 424 Å². The zero-order valence-electron chi connectivity index (χ0n) is 41.7. The number of aromatic nitrogens is 2. The summed E-state index contributed by atoms with van der Waals surface area (Å²) in [7, 11) is 0. The van der Waals surface area contributed by atoms with E-state index in [9.17, 15) is 34.7 Å². The van der Waals surface area contributed by atoms with Crippen LogP contribution in [0, 0.1) is 34.5 Å². The van der Waals surface area contributed by atoms with E-state index in [4.69, 9.17) is 21.1 Å². The monoisotopic (exact) mass is 1010 g/mol. The van der Waals surface area contributed by atoms with Crippen molar-refractivity contribution < 1.29 is 38.9 Å². The largest absolute Gasteiger partial charge is 0.489 e. The van der Waals surface area contributed by atoms with Gasteiger partial charge in [0, 0.05) is 74.8 Å². The number of aliphatic hydroxyl groups excluding tert-OH is 2. The number of rotatable bonds is 17. The Balaban J connectivity index is 0.838. The van der Waals surface area contributed by atoms with Crippen molar-refractivity contribution in [2.24, 2.45) is 16.2 Å². The highest BCUT2D eigenvalue weighted by Crippen LogP contribution is 2.55. The number of amides is 4. The van der Waals surface area contributed by atoms with Crippen LogP contribution in [0.25, 0.3) is 10.4 Å². The van der Waals surface area contributed by atoms with Crippen LogP contribution >= 0.6 is 22.9 Å². The summed E-state index contributed by atoms with van der Waals surface area (Å²) in [6.45, 7) is 18.7. The molecular formula is C52H66ClN9O8S. The number of aryl methyl sites for hydroxylation is 1. The highest BCUT2D eigenvalue weighted by atomic mass is 35.5. The number of piperazine rings is 1. The minimum atomic E-state index is -1.02. The minimum absolute atomic E-state index is 0.0141. The van der Waals surface area contributed by atoms with Crippen molar-refractivity contribution in [3.8, 4) is 22.3 Å². The van der Waals surface area contributed by atoms with Gasteiger partial charge in [-0.1, -0.05) is 84.3 Å². The maximum atomic E-state index is 14.2. The Morgan fingerprint density at radius 2 is 1.69 bits per heavy atom. The first-order chi connectivity index (χ1) is 33.6. The van der Waals surface area contributed by atoms with Gasteiger partial charge >= 0.3 is 0 Å². The molecular weight excluding hydrogens is 946 g/mol. The maximum Gasteiger partial charge on any atom is 0.253 e. The summed E-state index contributed by atoms with van der Waals surface area (Å²) in [6.07, 6.45) is 0.446. The number of pyridine rings is 1. The molecule has 3 aliphatic rings. The second-order valence-electron chi connectivity index (χ2n) is 21.0. The van der Waals surface area contributed by atoms with E-state index < -0.39 is 58.2 Å². The van der Waals surface area contributed by atoms with Crippen molar-refractivity contribution in [3.05, 3.63) is 93.7 Å². The first kappa shape index (κ1) is 53.1. The van der Waals surface area contributed by atoms with Crippen LogP contribution in [0.2, 0.25) is 5.02 Å². The average molecular weight is 1010 g/mol. The summed E-state index contributed by atoms with van der Waals surface area (Å²) in [5, 5.41) is 39.4. The molecule has 4 atom stereocenters. The number of carbonyl (C=O) groups is 4. The van der Waals surface area contributed by atoms with E-state index in [0.717, 1.165) is 35.0 Å². The second-order valence-corrected chi connectivity index (χ2v) is 22.2. The molecule has 0 bridgehead atoms. The van der Waals surface area contributed by atoms with Gasteiger partial charge < -0.3 is 45.4 Å². The van der Waals surface area contributed by atoms with Crippen LogP contribution in [0.1, 0.15) is 88.1 Å². The van der Waals surface area contributed by atoms with Crippen LogP contribution in [-0.4, -0.2) is 143 Å². The number of halogens is 1. The molecule has 17 nitrogen and oxygen atoms in total. The zero-order valence-corrected chi connectivity index (χ0v) is 43.3. The fraction of sp³-hybridized carbons (Fsp3) is 0.519. The van der Waals surface area contributed by atoms with Crippen molar-refractivity contribution in [3.63, 3.8) is 0 Å². The van der Waals surface area contributed by atoms with Crippen LogP contribution in [0.15, 0.2) is 66.3 Å². The zero-order chi connectivity index (χ0) is 51.4. The number of nitriles is 1. The number of carbonyl (C=O) groups excluding carboxylic acids is 4. The van der Waals surface area contributed by atoms with Gasteiger partial charge in [-0.05, 0) is 47.7 Å². The molecule has 3 fully saturated rings. The number of benzene rings is 2. The molecule has 4 amide bonds.